The van der Waals surface area contributed by atoms with E-state index in [1.165, 1.54) is 12.3 Å². The molecule has 19 heavy (non-hydrogen) atoms. The van der Waals surface area contributed by atoms with Crippen LogP contribution in [0.25, 0.3) is 0 Å². The molecule has 0 aliphatic carbocycles. The van der Waals surface area contributed by atoms with E-state index in [0.29, 0.717) is 12.1 Å². The van der Waals surface area contributed by atoms with E-state index in [1.807, 2.05) is 0 Å². The van der Waals surface area contributed by atoms with E-state index in [2.05, 4.69) is 9.97 Å². The molecule has 0 spiro atoms. The Hall–Kier alpha value is -1.89. The molecule has 0 unspecified atom stereocenters. The van der Waals surface area contributed by atoms with Gasteiger partial charge in [0.25, 0.3) is 0 Å². The van der Waals surface area contributed by atoms with Crippen LogP contribution < -0.4 is 4.74 Å². The maximum atomic E-state index is 13.0. The van der Waals surface area contributed by atoms with Crippen LogP contribution in [-0.4, -0.2) is 9.97 Å². The number of hydrogen-bond donors (Lipinski definition) is 0. The molecular formula is C11H5ClF4N2O. The maximum absolute atomic E-state index is 13.0. The summed E-state index contributed by atoms with van der Waals surface area (Å²) in [6.07, 6.45) is -3.52. The third-order valence-corrected chi connectivity index (χ3v) is 2.25. The second-order valence-electron chi connectivity index (χ2n) is 3.41. The number of rotatable bonds is 2. The molecule has 0 bridgehead atoms. The lowest BCUT2D eigenvalue weighted by Crippen LogP contribution is -2.08. The lowest BCUT2D eigenvalue weighted by atomic mass is 10.2. The number of aromatic nitrogens is 2. The van der Waals surface area contributed by atoms with Crippen LogP contribution in [0.5, 0.6) is 11.6 Å². The zero-order valence-electron chi connectivity index (χ0n) is 9.08. The van der Waals surface area contributed by atoms with Crippen LogP contribution in [0.1, 0.15) is 5.56 Å². The molecule has 100 valence electrons. The summed E-state index contributed by atoms with van der Waals surface area (Å²) in [5.74, 6) is -1.62. The van der Waals surface area contributed by atoms with Crippen molar-refractivity contribution in [3.05, 3.63) is 47.1 Å². The Morgan fingerprint density at radius 2 is 1.89 bits per heavy atom. The smallest absolute Gasteiger partial charge is 0.419 e. The van der Waals surface area contributed by atoms with E-state index in [-0.39, 0.29) is 16.9 Å². The topological polar surface area (TPSA) is 35.0 Å². The summed E-state index contributed by atoms with van der Waals surface area (Å²) in [4.78, 5) is 7.23. The van der Waals surface area contributed by atoms with Crippen molar-refractivity contribution in [2.24, 2.45) is 0 Å². The predicted molar refractivity (Wildman–Crippen MR) is 58.5 cm³/mol. The van der Waals surface area contributed by atoms with Gasteiger partial charge >= 0.3 is 6.18 Å². The molecule has 0 N–H and O–H groups in total. The first-order valence-electron chi connectivity index (χ1n) is 4.89. The van der Waals surface area contributed by atoms with Gasteiger partial charge < -0.3 is 4.74 Å². The maximum Gasteiger partial charge on any atom is 0.419 e. The van der Waals surface area contributed by atoms with Crippen molar-refractivity contribution in [1.82, 2.24) is 9.97 Å². The van der Waals surface area contributed by atoms with Gasteiger partial charge in [-0.05, 0) is 29.8 Å². The molecule has 0 aliphatic rings. The Labute approximate surface area is 109 Å². The average Bonchev–Trinajstić information content (AvgIpc) is 2.30. The number of nitrogens with zero attached hydrogens (tertiary/aromatic N) is 2. The van der Waals surface area contributed by atoms with Crippen molar-refractivity contribution < 1.29 is 22.3 Å². The molecule has 1 heterocycles. The molecule has 0 saturated carbocycles. The monoisotopic (exact) mass is 292 g/mol. The summed E-state index contributed by atoms with van der Waals surface area (Å²) in [5.41, 5.74) is -1.41. The van der Waals surface area contributed by atoms with Crippen LogP contribution in [0.2, 0.25) is 5.28 Å². The van der Waals surface area contributed by atoms with Crippen LogP contribution in [-0.2, 0) is 6.18 Å². The highest BCUT2D eigenvalue weighted by atomic mass is 35.5. The fourth-order valence-corrected chi connectivity index (χ4v) is 1.42. The van der Waals surface area contributed by atoms with Gasteiger partial charge in [-0.25, -0.2) is 9.37 Å². The van der Waals surface area contributed by atoms with Gasteiger partial charge in [0, 0.05) is 12.3 Å². The van der Waals surface area contributed by atoms with Crippen molar-refractivity contribution in [3.8, 4) is 11.6 Å². The fourth-order valence-electron chi connectivity index (χ4n) is 1.28. The van der Waals surface area contributed by atoms with Gasteiger partial charge in [-0.15, -0.1) is 0 Å². The number of benzene rings is 1. The van der Waals surface area contributed by atoms with Crippen LogP contribution in [0.4, 0.5) is 17.6 Å². The number of hydrogen-bond acceptors (Lipinski definition) is 3. The molecule has 1 aromatic heterocycles. The van der Waals surface area contributed by atoms with Gasteiger partial charge in [-0.1, -0.05) is 0 Å². The summed E-state index contributed by atoms with van der Waals surface area (Å²) in [5, 5.41) is -0.115. The van der Waals surface area contributed by atoms with Crippen molar-refractivity contribution in [2.45, 2.75) is 6.18 Å². The minimum Gasteiger partial charge on any atom is -0.439 e. The van der Waals surface area contributed by atoms with Crippen molar-refractivity contribution in [3.63, 3.8) is 0 Å². The van der Waals surface area contributed by atoms with Crippen LogP contribution in [0, 0.1) is 5.82 Å². The largest absolute Gasteiger partial charge is 0.439 e. The molecule has 0 amide bonds. The fraction of sp³-hybridized carbons (Fsp3) is 0.0909. The molecule has 0 radical (unpaired) electrons. The van der Waals surface area contributed by atoms with Crippen LogP contribution in [0.15, 0.2) is 30.5 Å². The second-order valence-corrected chi connectivity index (χ2v) is 3.74. The van der Waals surface area contributed by atoms with E-state index < -0.39 is 17.6 Å². The molecule has 0 aliphatic heterocycles. The first-order valence-corrected chi connectivity index (χ1v) is 5.27. The van der Waals surface area contributed by atoms with Gasteiger partial charge in [0.05, 0.1) is 5.56 Å². The van der Waals surface area contributed by atoms with Crippen LogP contribution >= 0.6 is 11.6 Å². The van der Waals surface area contributed by atoms with Gasteiger partial charge in [0.1, 0.15) is 11.6 Å². The Morgan fingerprint density at radius 1 is 1.16 bits per heavy atom. The zero-order valence-corrected chi connectivity index (χ0v) is 9.84. The highest BCUT2D eigenvalue weighted by Gasteiger charge is 2.34. The Morgan fingerprint density at radius 3 is 2.53 bits per heavy atom. The summed E-state index contributed by atoms with van der Waals surface area (Å²) in [6.45, 7) is 0. The highest BCUT2D eigenvalue weighted by molar-refractivity contribution is 6.28. The first-order chi connectivity index (χ1) is 8.86. The SMILES string of the molecule is Fc1ccc(Oc2ccnc(Cl)n2)cc1C(F)(F)F. The Bertz CT molecular complexity index is 603. The number of halogens is 5. The van der Waals surface area contributed by atoms with Gasteiger partial charge in [-0.3, -0.25) is 0 Å². The number of alkyl halides is 3. The summed E-state index contributed by atoms with van der Waals surface area (Å²) < 4.78 is 55.6. The normalized spacial score (nSPS) is 11.4. The average molecular weight is 293 g/mol. The zero-order chi connectivity index (χ0) is 14.0. The summed E-state index contributed by atoms with van der Waals surface area (Å²) in [6, 6.07) is 3.58. The van der Waals surface area contributed by atoms with Gasteiger partial charge in [-0.2, -0.15) is 18.2 Å². The lowest BCUT2D eigenvalue weighted by Gasteiger charge is -2.10. The van der Waals surface area contributed by atoms with Gasteiger partial charge in [0.15, 0.2) is 0 Å². The van der Waals surface area contributed by atoms with E-state index in [4.69, 9.17) is 16.3 Å². The highest BCUT2D eigenvalue weighted by Crippen LogP contribution is 2.34. The summed E-state index contributed by atoms with van der Waals surface area (Å²) in [7, 11) is 0. The van der Waals surface area contributed by atoms with Crippen molar-refractivity contribution >= 4 is 11.6 Å². The minimum atomic E-state index is -4.80. The molecular weight excluding hydrogens is 288 g/mol. The van der Waals surface area contributed by atoms with Gasteiger partial charge in [0.2, 0.25) is 11.2 Å². The standard InChI is InChI=1S/C11H5ClF4N2O/c12-10-17-4-3-9(18-10)19-6-1-2-8(13)7(5-6)11(14,15)16/h1-5H. The van der Waals surface area contributed by atoms with E-state index in [9.17, 15) is 17.6 Å². The lowest BCUT2D eigenvalue weighted by molar-refractivity contribution is -0.140. The molecule has 3 nitrogen and oxygen atoms in total. The first kappa shape index (κ1) is 13.5. The summed E-state index contributed by atoms with van der Waals surface area (Å²) >= 11 is 5.50. The van der Waals surface area contributed by atoms with E-state index in [1.54, 1.807) is 0 Å². The molecule has 1 aromatic carbocycles. The Kier molecular flexibility index (Phi) is 3.57. The predicted octanol–water partition coefficient (Wildman–Crippen LogP) is 4.08. The quantitative estimate of drug-likeness (QED) is 0.618. The van der Waals surface area contributed by atoms with Crippen molar-refractivity contribution in [2.75, 3.05) is 0 Å². The van der Waals surface area contributed by atoms with Crippen LogP contribution in [0.3, 0.4) is 0 Å². The van der Waals surface area contributed by atoms with E-state index >= 15 is 0 Å². The number of ether oxygens (including phenoxy) is 1. The third kappa shape index (κ3) is 3.31. The minimum absolute atomic E-state index is 0.0419. The Balaban J connectivity index is 2.32. The molecule has 2 aromatic rings. The molecule has 8 heteroatoms. The second kappa shape index (κ2) is 5.00. The molecule has 0 fully saturated rings. The van der Waals surface area contributed by atoms with Crippen molar-refractivity contribution in [1.29, 1.82) is 0 Å². The molecule has 2 rings (SSSR count). The molecule has 0 saturated heterocycles. The third-order valence-electron chi connectivity index (χ3n) is 2.07. The molecule has 0 atom stereocenters. The van der Waals surface area contributed by atoms with E-state index in [0.717, 1.165) is 6.07 Å².